The summed E-state index contributed by atoms with van der Waals surface area (Å²) >= 11 is 8.14. The molecule has 1 saturated heterocycles. The Morgan fingerprint density at radius 1 is 0.943 bits per heavy atom. The van der Waals surface area contributed by atoms with Crippen molar-refractivity contribution in [1.82, 2.24) is 25.8 Å². The van der Waals surface area contributed by atoms with Crippen molar-refractivity contribution >= 4 is 64.1 Å². The number of aliphatic hydroxyl groups excluding tert-OH is 1. The predicted molar refractivity (Wildman–Crippen MR) is 270 cm³/mol. The van der Waals surface area contributed by atoms with Gasteiger partial charge in [-0.3, -0.25) is 33.7 Å². The number of nitrogens with one attached hydrogen (secondary N) is 3. The number of β-amino-alcohol motifs (C(OH)–C–C–N with tert-alkyl or cyclic N) is 1. The fourth-order valence-electron chi connectivity index (χ4n) is 9.69. The van der Waals surface area contributed by atoms with Crippen LogP contribution >= 0.6 is 22.9 Å². The number of carbonyl (C=O) groups is 6. The van der Waals surface area contributed by atoms with Crippen LogP contribution in [0.15, 0.2) is 66.2 Å². The molecule has 0 bridgehead atoms. The Morgan fingerprint density at radius 3 is 2.40 bits per heavy atom. The van der Waals surface area contributed by atoms with Gasteiger partial charge in [0.25, 0.3) is 0 Å². The van der Waals surface area contributed by atoms with Gasteiger partial charge in [-0.2, -0.15) is 0 Å². The van der Waals surface area contributed by atoms with Gasteiger partial charge in [0.1, 0.15) is 30.5 Å². The van der Waals surface area contributed by atoms with Gasteiger partial charge in [0, 0.05) is 38.6 Å². The Bertz CT molecular complexity index is 2560. The second kappa shape index (κ2) is 22.9. The minimum Gasteiger partial charge on any atom is -0.490 e. The molecule has 0 radical (unpaired) electrons. The topological polar surface area (TPSA) is 213 Å². The number of likely N-dealkylation sites (tertiary alicyclic amines) is 1. The lowest BCUT2D eigenvalue weighted by atomic mass is 9.85. The third-order valence-electron chi connectivity index (χ3n) is 13.5. The summed E-state index contributed by atoms with van der Waals surface area (Å²) < 4.78 is 6.18. The molecule has 0 spiro atoms. The molecule has 1 aromatic heterocycles. The van der Waals surface area contributed by atoms with Crippen molar-refractivity contribution in [1.29, 1.82) is 0 Å². The quantitative estimate of drug-likeness (QED) is 0.0598. The third-order valence-corrected chi connectivity index (χ3v) is 14.8. The largest absolute Gasteiger partial charge is 0.490 e. The van der Waals surface area contributed by atoms with E-state index in [0.29, 0.717) is 36.5 Å². The van der Waals surface area contributed by atoms with Crippen LogP contribution in [0.1, 0.15) is 119 Å². The van der Waals surface area contributed by atoms with Gasteiger partial charge in [0.15, 0.2) is 0 Å². The second-order valence-electron chi connectivity index (χ2n) is 20.0. The zero-order chi connectivity index (χ0) is 50.3. The first-order valence-corrected chi connectivity index (χ1v) is 25.6. The molecule has 0 saturated carbocycles. The van der Waals surface area contributed by atoms with Gasteiger partial charge in [-0.05, 0) is 97.7 Å². The molecule has 3 aromatic carbocycles. The van der Waals surface area contributed by atoms with E-state index in [1.165, 1.54) is 4.90 Å². The highest BCUT2D eigenvalue weighted by Gasteiger charge is 2.45. The molecular formula is C53H66ClN7O8S. The molecular weight excluding hydrogens is 930 g/mol. The third kappa shape index (κ3) is 12.7. The number of thiazole rings is 1. The summed E-state index contributed by atoms with van der Waals surface area (Å²) in [4.78, 5) is 88.7. The van der Waals surface area contributed by atoms with E-state index in [4.69, 9.17) is 22.1 Å². The average Bonchev–Trinajstić information content (AvgIpc) is 4.02. The fourth-order valence-corrected chi connectivity index (χ4v) is 10.7. The molecule has 0 aliphatic carbocycles. The molecule has 7 rings (SSSR count). The van der Waals surface area contributed by atoms with Gasteiger partial charge < -0.3 is 36.4 Å². The Labute approximate surface area is 419 Å². The lowest BCUT2D eigenvalue weighted by Gasteiger charge is -2.35. The van der Waals surface area contributed by atoms with E-state index in [1.807, 2.05) is 94.7 Å². The summed E-state index contributed by atoms with van der Waals surface area (Å²) in [6.07, 6.45) is 4.64. The molecule has 70 heavy (non-hydrogen) atoms. The summed E-state index contributed by atoms with van der Waals surface area (Å²) in [5.41, 5.74) is 13.4. The number of hydrogen-bond acceptors (Lipinski definition) is 10. The molecule has 3 aliphatic rings. The first kappa shape index (κ1) is 52.0. The van der Waals surface area contributed by atoms with Crippen LogP contribution in [0.4, 0.5) is 5.69 Å². The van der Waals surface area contributed by atoms with Crippen LogP contribution in [-0.4, -0.2) is 93.9 Å². The van der Waals surface area contributed by atoms with Crippen LogP contribution in [-0.2, 0) is 48.0 Å². The van der Waals surface area contributed by atoms with E-state index in [0.717, 1.165) is 69.8 Å². The number of nitrogens with two attached hydrogens (primary N) is 1. The van der Waals surface area contributed by atoms with Crippen LogP contribution in [0.5, 0.6) is 5.75 Å². The number of rotatable bonds is 20. The highest BCUT2D eigenvalue weighted by Crippen LogP contribution is 2.39. The van der Waals surface area contributed by atoms with Crippen molar-refractivity contribution in [2.45, 2.75) is 148 Å². The van der Waals surface area contributed by atoms with Gasteiger partial charge in [0.05, 0.1) is 45.0 Å². The number of ether oxygens (including phenoxy) is 1. The molecule has 4 heterocycles. The molecule has 1 fully saturated rings. The fraction of sp³-hybridized carbons (Fsp3) is 0.491. The summed E-state index contributed by atoms with van der Waals surface area (Å²) in [6.45, 7) is 9.43. The Kier molecular flexibility index (Phi) is 17.0. The SMILES string of the molecule is Cc1ncsc1-c1ccc([C@H](C)NC(=O)[C@@H]2C[C@@H](O)CN2C(=O)[C@@H](NC(=O)CCCCCc2ccc(Cl)c(OC[C@H](CCC(N)=O)NC(=O)[C@@H]3Cc4cccc5c4N3C(=O)CCC5)c2)C(C)(C)C)cc1. The van der Waals surface area contributed by atoms with Crippen molar-refractivity contribution in [2.75, 3.05) is 18.1 Å². The molecule has 6 atom stereocenters. The lowest BCUT2D eigenvalue weighted by Crippen LogP contribution is -2.57. The zero-order valence-electron chi connectivity index (χ0n) is 40.7. The van der Waals surface area contributed by atoms with Crippen molar-refractivity contribution in [3.8, 4) is 16.2 Å². The number of halogens is 1. The number of unbranched alkanes of at least 4 members (excludes halogenated alkanes) is 2. The molecule has 374 valence electrons. The number of benzene rings is 3. The van der Waals surface area contributed by atoms with Crippen molar-refractivity contribution in [2.24, 2.45) is 11.1 Å². The van der Waals surface area contributed by atoms with Gasteiger partial charge >= 0.3 is 0 Å². The normalized spacial score (nSPS) is 18.9. The van der Waals surface area contributed by atoms with E-state index in [9.17, 15) is 33.9 Å². The van der Waals surface area contributed by atoms with E-state index in [1.54, 1.807) is 22.3 Å². The van der Waals surface area contributed by atoms with Crippen LogP contribution < -0.4 is 31.3 Å². The Morgan fingerprint density at radius 2 is 1.69 bits per heavy atom. The first-order valence-electron chi connectivity index (χ1n) is 24.4. The molecule has 15 nitrogen and oxygen atoms in total. The second-order valence-corrected chi connectivity index (χ2v) is 21.3. The molecule has 6 amide bonds. The van der Waals surface area contributed by atoms with Crippen LogP contribution in [0.2, 0.25) is 5.02 Å². The monoisotopic (exact) mass is 995 g/mol. The molecule has 4 aromatic rings. The van der Waals surface area contributed by atoms with Crippen LogP contribution in [0.25, 0.3) is 10.4 Å². The number of para-hydroxylation sites is 1. The van der Waals surface area contributed by atoms with Crippen LogP contribution in [0, 0.1) is 12.3 Å². The smallest absolute Gasteiger partial charge is 0.246 e. The summed E-state index contributed by atoms with van der Waals surface area (Å²) in [6, 6.07) is 15.9. The average molecular weight is 997 g/mol. The minimum absolute atomic E-state index is 0.0146. The van der Waals surface area contributed by atoms with Crippen molar-refractivity contribution in [3.63, 3.8) is 0 Å². The maximum atomic E-state index is 14.2. The summed E-state index contributed by atoms with van der Waals surface area (Å²) in [5.74, 6) is -1.55. The van der Waals surface area contributed by atoms with Crippen molar-refractivity contribution in [3.05, 3.63) is 99.1 Å². The van der Waals surface area contributed by atoms with E-state index in [-0.39, 0.29) is 68.5 Å². The van der Waals surface area contributed by atoms with Crippen molar-refractivity contribution < 1.29 is 38.6 Å². The highest BCUT2D eigenvalue weighted by atomic mass is 35.5. The molecule has 17 heteroatoms. The Hall–Kier alpha value is -5.84. The molecule has 0 unspecified atom stereocenters. The van der Waals surface area contributed by atoms with Gasteiger partial charge in [-0.1, -0.05) is 87.3 Å². The lowest BCUT2D eigenvalue weighted by molar-refractivity contribution is -0.144. The van der Waals surface area contributed by atoms with E-state index < -0.39 is 47.5 Å². The van der Waals surface area contributed by atoms with Gasteiger partial charge in [0.2, 0.25) is 35.4 Å². The highest BCUT2D eigenvalue weighted by molar-refractivity contribution is 7.13. The number of amides is 6. The number of aryl methyl sites for hydroxylation is 3. The standard InChI is InChI=1S/C53H66ClN7O8S/c1-31(34-18-20-36(21-19-34)48-32(2)56-30-70-48)57-50(66)41-27-39(62)28-60(41)52(68)49(53(3,4)5)59-45(64)15-8-6-7-11-33-17-23-40(54)43(25-33)69-29-38(22-24-44(55)63)58-51(67)42-26-37-14-9-12-35-13-10-16-46(65)61(42)47(35)37/h9,12,14,17-21,23,25,30-31,38-39,41-42,49,62H,6-8,10-11,13,15-16,22,24,26-29H2,1-5H3,(H2,55,63)(H,57,66)(H,58,67)(H,59,64)/t31-,38-,39+,41-,42-,49+/m0/s1. The zero-order valence-corrected chi connectivity index (χ0v) is 42.3. The van der Waals surface area contributed by atoms with Crippen LogP contribution in [0.3, 0.4) is 0 Å². The number of hydrogen-bond donors (Lipinski definition) is 5. The number of anilines is 1. The number of aromatic nitrogens is 1. The first-order chi connectivity index (χ1) is 33.4. The number of aliphatic hydroxyl groups is 1. The summed E-state index contributed by atoms with van der Waals surface area (Å²) in [5, 5.41) is 20.1. The number of nitrogens with zero attached hydrogens (tertiary/aromatic N) is 3. The minimum atomic E-state index is -0.927. The number of carbonyl (C=O) groups excluding carboxylic acids is 6. The van der Waals surface area contributed by atoms with E-state index in [2.05, 4.69) is 20.9 Å². The van der Waals surface area contributed by atoms with Gasteiger partial charge in [-0.15, -0.1) is 11.3 Å². The van der Waals surface area contributed by atoms with E-state index >= 15 is 0 Å². The van der Waals surface area contributed by atoms with Gasteiger partial charge in [-0.25, -0.2) is 4.98 Å². The predicted octanol–water partition coefficient (Wildman–Crippen LogP) is 6.67. The summed E-state index contributed by atoms with van der Waals surface area (Å²) in [7, 11) is 0. The molecule has 3 aliphatic heterocycles. The maximum absolute atomic E-state index is 14.2. The number of primary amides is 1. The Balaban J connectivity index is 0.882. The maximum Gasteiger partial charge on any atom is 0.246 e. The molecule has 6 N–H and O–H groups in total.